The standard InChI is InChI=1S/C28H26N4O3S/c1-17-8-10-19(11-9-17)25-24(27-30-26(31-35-27)20-6-5-7-23(16-20)34-4)18(2)32(28(36)29-25)21-12-14-22(33-3)15-13-21/h5-16,25H,1-4H3,(H,29,36). The van der Waals surface area contributed by atoms with Crippen molar-refractivity contribution in [2.45, 2.75) is 19.9 Å². The minimum atomic E-state index is -0.258. The van der Waals surface area contributed by atoms with Gasteiger partial charge in [0.1, 0.15) is 11.5 Å². The molecule has 0 saturated heterocycles. The van der Waals surface area contributed by atoms with Crippen molar-refractivity contribution in [2.75, 3.05) is 19.1 Å². The van der Waals surface area contributed by atoms with Crippen LogP contribution in [-0.4, -0.2) is 29.5 Å². The minimum Gasteiger partial charge on any atom is -0.497 e. The number of thiocarbonyl (C=S) groups is 1. The number of allylic oxidation sites excluding steroid dienone is 1. The second-order valence-corrected chi connectivity index (χ2v) is 8.87. The van der Waals surface area contributed by atoms with Crippen LogP contribution in [0.25, 0.3) is 17.0 Å². The van der Waals surface area contributed by atoms with Crippen LogP contribution in [0.4, 0.5) is 5.69 Å². The van der Waals surface area contributed by atoms with Crippen molar-refractivity contribution in [1.82, 2.24) is 15.5 Å². The summed E-state index contributed by atoms with van der Waals surface area (Å²) in [6.45, 7) is 4.08. The Morgan fingerprint density at radius 1 is 0.917 bits per heavy atom. The molecule has 0 saturated carbocycles. The van der Waals surface area contributed by atoms with E-state index in [1.165, 1.54) is 5.56 Å². The number of hydrogen-bond donors (Lipinski definition) is 1. The van der Waals surface area contributed by atoms with Crippen LogP contribution in [0, 0.1) is 6.92 Å². The molecule has 36 heavy (non-hydrogen) atoms. The summed E-state index contributed by atoms with van der Waals surface area (Å²) < 4.78 is 16.5. The third-order valence-corrected chi connectivity index (χ3v) is 6.51. The van der Waals surface area contributed by atoms with Gasteiger partial charge in [0.25, 0.3) is 5.89 Å². The highest BCUT2D eigenvalue weighted by molar-refractivity contribution is 7.80. The lowest BCUT2D eigenvalue weighted by Crippen LogP contribution is -2.46. The van der Waals surface area contributed by atoms with Gasteiger partial charge in [0.05, 0.1) is 25.8 Å². The molecule has 8 heteroatoms. The fourth-order valence-corrected chi connectivity index (χ4v) is 4.64. The molecule has 0 radical (unpaired) electrons. The van der Waals surface area contributed by atoms with Crippen LogP contribution >= 0.6 is 12.2 Å². The topological polar surface area (TPSA) is 72.7 Å². The molecule has 1 aromatic heterocycles. The first-order chi connectivity index (χ1) is 17.5. The third-order valence-electron chi connectivity index (χ3n) is 6.21. The zero-order chi connectivity index (χ0) is 25.2. The summed E-state index contributed by atoms with van der Waals surface area (Å²) in [7, 11) is 3.28. The molecule has 0 spiro atoms. The molecule has 0 amide bonds. The molecular weight excluding hydrogens is 472 g/mol. The molecule has 1 N–H and O–H groups in total. The molecular formula is C28H26N4O3S. The van der Waals surface area contributed by atoms with Gasteiger partial charge >= 0.3 is 0 Å². The fraction of sp³-hybridized carbons (Fsp3) is 0.179. The van der Waals surface area contributed by atoms with Crippen molar-refractivity contribution < 1.29 is 14.0 Å². The monoisotopic (exact) mass is 498 g/mol. The molecule has 0 fully saturated rings. The van der Waals surface area contributed by atoms with Crippen molar-refractivity contribution in [3.63, 3.8) is 0 Å². The van der Waals surface area contributed by atoms with Gasteiger partial charge in [0.2, 0.25) is 5.82 Å². The molecule has 182 valence electrons. The number of anilines is 1. The molecule has 7 nitrogen and oxygen atoms in total. The second kappa shape index (κ2) is 9.83. The highest BCUT2D eigenvalue weighted by Crippen LogP contribution is 2.39. The second-order valence-electron chi connectivity index (χ2n) is 8.48. The quantitative estimate of drug-likeness (QED) is 0.328. The summed E-state index contributed by atoms with van der Waals surface area (Å²) >= 11 is 5.83. The van der Waals surface area contributed by atoms with E-state index in [9.17, 15) is 0 Å². The van der Waals surface area contributed by atoms with Crippen LogP contribution in [0.1, 0.15) is 30.0 Å². The maximum Gasteiger partial charge on any atom is 0.258 e. The molecule has 1 unspecified atom stereocenters. The summed E-state index contributed by atoms with van der Waals surface area (Å²) in [4.78, 5) is 6.76. The normalized spacial score (nSPS) is 15.6. The largest absolute Gasteiger partial charge is 0.497 e. The van der Waals surface area contributed by atoms with Crippen LogP contribution in [0.3, 0.4) is 0 Å². The van der Waals surface area contributed by atoms with E-state index in [1.54, 1.807) is 14.2 Å². The maximum atomic E-state index is 5.84. The average Bonchev–Trinajstić information content (AvgIpc) is 3.39. The van der Waals surface area contributed by atoms with Gasteiger partial charge < -0.3 is 19.3 Å². The molecule has 2 heterocycles. The fourth-order valence-electron chi connectivity index (χ4n) is 4.28. The molecule has 1 aliphatic rings. The average molecular weight is 499 g/mol. The smallest absolute Gasteiger partial charge is 0.258 e. The Kier molecular flexibility index (Phi) is 6.43. The van der Waals surface area contributed by atoms with Crippen LogP contribution < -0.4 is 19.7 Å². The van der Waals surface area contributed by atoms with Crippen LogP contribution in [-0.2, 0) is 0 Å². The van der Waals surface area contributed by atoms with E-state index >= 15 is 0 Å². The number of aromatic nitrogens is 2. The zero-order valence-electron chi connectivity index (χ0n) is 20.5. The summed E-state index contributed by atoms with van der Waals surface area (Å²) in [6, 6.07) is 23.4. The van der Waals surface area contributed by atoms with Gasteiger partial charge in [-0.2, -0.15) is 4.98 Å². The number of ether oxygens (including phenoxy) is 2. The molecule has 5 rings (SSSR count). The summed E-state index contributed by atoms with van der Waals surface area (Å²) in [5.74, 6) is 2.40. The van der Waals surface area contributed by atoms with Crippen molar-refractivity contribution >= 4 is 28.6 Å². The van der Waals surface area contributed by atoms with Crippen molar-refractivity contribution in [1.29, 1.82) is 0 Å². The number of benzene rings is 3. The van der Waals surface area contributed by atoms with Gasteiger partial charge in [-0.3, -0.25) is 4.90 Å². The molecule has 0 bridgehead atoms. The van der Waals surface area contributed by atoms with E-state index < -0.39 is 0 Å². The van der Waals surface area contributed by atoms with E-state index in [1.807, 2.05) is 60.4 Å². The predicted octanol–water partition coefficient (Wildman–Crippen LogP) is 5.93. The highest BCUT2D eigenvalue weighted by Gasteiger charge is 2.34. The number of nitrogens with zero attached hydrogens (tertiary/aromatic N) is 3. The Labute approximate surface area is 215 Å². The van der Waals surface area contributed by atoms with E-state index in [4.69, 9.17) is 31.2 Å². The Bertz CT molecular complexity index is 1430. The van der Waals surface area contributed by atoms with Crippen LogP contribution in [0.2, 0.25) is 0 Å². The molecule has 1 atom stereocenters. The first-order valence-electron chi connectivity index (χ1n) is 11.5. The summed E-state index contributed by atoms with van der Waals surface area (Å²) in [5, 5.41) is 8.36. The van der Waals surface area contributed by atoms with Crippen LogP contribution in [0.5, 0.6) is 11.5 Å². The lowest BCUT2D eigenvalue weighted by atomic mass is 9.94. The zero-order valence-corrected chi connectivity index (χ0v) is 21.3. The summed E-state index contributed by atoms with van der Waals surface area (Å²) in [6.07, 6.45) is 0. The Morgan fingerprint density at radius 3 is 2.33 bits per heavy atom. The maximum absolute atomic E-state index is 5.84. The SMILES string of the molecule is COc1ccc(N2C(=S)NC(c3ccc(C)cc3)C(c3nc(-c4cccc(OC)c4)no3)=C2C)cc1. The van der Waals surface area contributed by atoms with E-state index in [-0.39, 0.29) is 6.04 Å². The third kappa shape index (κ3) is 4.43. The highest BCUT2D eigenvalue weighted by atomic mass is 32.1. The van der Waals surface area contributed by atoms with Gasteiger partial charge in [0.15, 0.2) is 5.11 Å². The van der Waals surface area contributed by atoms with Gasteiger partial charge in [-0.05, 0) is 68.0 Å². The van der Waals surface area contributed by atoms with E-state index in [0.717, 1.165) is 39.6 Å². The minimum absolute atomic E-state index is 0.258. The van der Waals surface area contributed by atoms with Gasteiger partial charge in [-0.25, -0.2) is 0 Å². The first-order valence-corrected chi connectivity index (χ1v) is 11.9. The van der Waals surface area contributed by atoms with E-state index in [2.05, 4.69) is 41.7 Å². The molecule has 1 aliphatic heterocycles. The van der Waals surface area contributed by atoms with Gasteiger partial charge in [0, 0.05) is 16.9 Å². The van der Waals surface area contributed by atoms with Crippen molar-refractivity contribution in [3.8, 4) is 22.9 Å². The number of rotatable bonds is 6. The molecule has 0 aliphatic carbocycles. The van der Waals surface area contributed by atoms with Gasteiger partial charge in [-0.1, -0.05) is 47.1 Å². The van der Waals surface area contributed by atoms with Crippen molar-refractivity contribution in [3.05, 3.63) is 95.5 Å². The predicted molar refractivity (Wildman–Crippen MR) is 144 cm³/mol. The Morgan fingerprint density at radius 2 is 1.64 bits per heavy atom. The molecule has 4 aromatic rings. The lowest BCUT2D eigenvalue weighted by molar-refractivity contribution is 0.403. The number of methoxy groups -OCH3 is 2. The van der Waals surface area contributed by atoms with Gasteiger partial charge in [-0.15, -0.1) is 0 Å². The number of nitrogens with one attached hydrogen (secondary N) is 1. The molecule has 3 aromatic carbocycles. The van der Waals surface area contributed by atoms with Crippen LogP contribution in [0.15, 0.2) is 83.0 Å². The number of hydrogen-bond acceptors (Lipinski definition) is 6. The first kappa shape index (κ1) is 23.6. The lowest BCUT2D eigenvalue weighted by Gasteiger charge is -2.37. The summed E-state index contributed by atoms with van der Waals surface area (Å²) in [5.41, 5.74) is 5.68. The Balaban J connectivity index is 1.63. The number of aryl methyl sites for hydroxylation is 1. The van der Waals surface area contributed by atoms with Crippen molar-refractivity contribution in [2.24, 2.45) is 0 Å². The Hall–Kier alpha value is -4.17. The van der Waals surface area contributed by atoms with E-state index in [0.29, 0.717) is 16.8 Å².